The number of rotatable bonds is 9. The number of nitrogens with zero attached hydrogens (tertiary/aromatic N) is 4. The number of carbonyl (C=O) groups is 1. The molecule has 2 saturated heterocycles. The van der Waals surface area contributed by atoms with E-state index in [1.807, 2.05) is 42.2 Å². The van der Waals surface area contributed by atoms with Gasteiger partial charge in [-0.3, -0.25) is 14.6 Å². The van der Waals surface area contributed by atoms with Gasteiger partial charge >= 0.3 is 0 Å². The molecule has 0 aliphatic carbocycles. The van der Waals surface area contributed by atoms with E-state index in [0.29, 0.717) is 43.5 Å². The first kappa shape index (κ1) is 29.9. The van der Waals surface area contributed by atoms with Crippen molar-refractivity contribution < 1.29 is 17.6 Å². The van der Waals surface area contributed by atoms with E-state index < -0.39 is 10.0 Å². The fraction of sp³-hybridized carbons (Fsp3) is 0.552. The van der Waals surface area contributed by atoms with E-state index >= 15 is 0 Å². The second kappa shape index (κ2) is 13.1. The van der Waals surface area contributed by atoms with Crippen molar-refractivity contribution in [2.24, 2.45) is 5.92 Å². The molecule has 0 aromatic heterocycles. The van der Waals surface area contributed by atoms with Gasteiger partial charge in [0.15, 0.2) is 0 Å². The van der Waals surface area contributed by atoms with Gasteiger partial charge in [0.2, 0.25) is 15.9 Å². The van der Waals surface area contributed by atoms with Crippen LogP contribution in [0, 0.1) is 18.7 Å². The number of piperidine rings is 1. The number of halogens is 2. The van der Waals surface area contributed by atoms with Crippen LogP contribution >= 0.6 is 11.6 Å². The standard InChI is InChI=1S/C29H40ClFN4O3S/c1-22-5-10-27(19-28(22)30)35(29(36)25-11-15-34(16-12-25)39(3,37)38)14-4-13-33-18-17-32(20-23(33)2)21-24-6-8-26(31)9-7-24/h5-10,19,23,25H,4,11-18,20-21H2,1-3H3. The Balaban J connectivity index is 1.35. The third-order valence-electron chi connectivity index (χ3n) is 8.00. The van der Waals surface area contributed by atoms with E-state index in [1.165, 1.54) is 22.7 Å². The number of piperazine rings is 1. The van der Waals surface area contributed by atoms with Crippen LogP contribution in [0.15, 0.2) is 42.5 Å². The van der Waals surface area contributed by atoms with Crippen molar-refractivity contribution >= 4 is 33.2 Å². The van der Waals surface area contributed by atoms with Gasteiger partial charge in [-0.2, -0.15) is 0 Å². The highest BCUT2D eigenvalue weighted by Crippen LogP contribution is 2.28. The van der Waals surface area contributed by atoms with Crippen LogP contribution in [0.25, 0.3) is 0 Å². The Morgan fingerprint density at radius 1 is 1.08 bits per heavy atom. The molecular weight excluding hydrogens is 539 g/mol. The molecule has 39 heavy (non-hydrogen) atoms. The van der Waals surface area contributed by atoms with E-state index in [4.69, 9.17) is 11.6 Å². The maximum absolute atomic E-state index is 13.7. The van der Waals surface area contributed by atoms with Crippen molar-refractivity contribution in [3.05, 3.63) is 64.4 Å². The van der Waals surface area contributed by atoms with Crippen LogP contribution < -0.4 is 4.90 Å². The normalized spacial score (nSPS) is 20.3. The van der Waals surface area contributed by atoms with Gasteiger partial charge in [0.25, 0.3) is 0 Å². The number of carbonyl (C=O) groups excluding carboxylic acids is 1. The second-order valence-corrected chi connectivity index (χ2v) is 13.3. The van der Waals surface area contributed by atoms with Crippen LogP contribution in [-0.4, -0.2) is 86.5 Å². The fourth-order valence-corrected chi connectivity index (χ4v) is 6.65. The molecule has 0 bridgehead atoms. The zero-order valence-electron chi connectivity index (χ0n) is 23.2. The van der Waals surface area contributed by atoms with Crippen LogP contribution in [0.3, 0.4) is 0 Å². The molecule has 0 saturated carbocycles. The summed E-state index contributed by atoms with van der Waals surface area (Å²) in [5, 5.41) is 0.628. The lowest BCUT2D eigenvalue weighted by Crippen LogP contribution is -2.52. The molecule has 1 amide bonds. The highest BCUT2D eigenvalue weighted by molar-refractivity contribution is 7.88. The first-order valence-electron chi connectivity index (χ1n) is 13.7. The largest absolute Gasteiger partial charge is 0.312 e. The minimum atomic E-state index is -3.25. The summed E-state index contributed by atoms with van der Waals surface area (Å²) in [5.74, 6) is -0.381. The van der Waals surface area contributed by atoms with Gasteiger partial charge in [-0.1, -0.05) is 29.8 Å². The number of anilines is 1. The van der Waals surface area contributed by atoms with Crippen LogP contribution in [0.4, 0.5) is 10.1 Å². The Bertz CT molecular complexity index is 1240. The molecule has 7 nitrogen and oxygen atoms in total. The molecular formula is C29H40ClFN4O3S. The lowest BCUT2D eigenvalue weighted by molar-refractivity contribution is -0.123. The molecule has 214 valence electrons. The maximum atomic E-state index is 13.7. The van der Waals surface area contributed by atoms with Crippen LogP contribution in [-0.2, 0) is 21.4 Å². The van der Waals surface area contributed by atoms with Gasteiger partial charge in [0.1, 0.15) is 5.82 Å². The molecule has 4 rings (SSSR count). The average molecular weight is 579 g/mol. The number of hydrogen-bond acceptors (Lipinski definition) is 5. The summed E-state index contributed by atoms with van der Waals surface area (Å²) in [5.41, 5.74) is 2.87. The van der Waals surface area contributed by atoms with Gasteiger partial charge in [0.05, 0.1) is 6.26 Å². The number of aryl methyl sites for hydroxylation is 1. The smallest absolute Gasteiger partial charge is 0.230 e. The summed E-state index contributed by atoms with van der Waals surface area (Å²) in [7, 11) is -3.25. The van der Waals surface area contributed by atoms with E-state index in [9.17, 15) is 17.6 Å². The van der Waals surface area contributed by atoms with Gasteiger partial charge in [-0.25, -0.2) is 17.1 Å². The number of amides is 1. The summed E-state index contributed by atoms with van der Waals surface area (Å²) < 4.78 is 38.5. The fourth-order valence-electron chi connectivity index (χ4n) is 5.60. The summed E-state index contributed by atoms with van der Waals surface area (Å²) in [6, 6.07) is 12.8. The highest BCUT2D eigenvalue weighted by atomic mass is 35.5. The van der Waals surface area contributed by atoms with Gasteiger partial charge in [-0.05, 0) is 68.5 Å². The third-order valence-corrected chi connectivity index (χ3v) is 9.71. The lowest BCUT2D eigenvalue weighted by atomic mass is 9.96. The Morgan fingerprint density at radius 3 is 2.38 bits per heavy atom. The van der Waals surface area contributed by atoms with E-state index in [2.05, 4.69) is 16.7 Å². The quantitative estimate of drug-likeness (QED) is 0.442. The molecule has 2 aromatic rings. The Morgan fingerprint density at radius 2 is 1.77 bits per heavy atom. The Labute approximate surface area is 237 Å². The lowest BCUT2D eigenvalue weighted by Gasteiger charge is -2.40. The summed E-state index contributed by atoms with van der Waals surface area (Å²) in [4.78, 5) is 20.4. The zero-order valence-corrected chi connectivity index (χ0v) is 24.7. The first-order chi connectivity index (χ1) is 18.5. The Hall–Kier alpha value is -2.04. The maximum Gasteiger partial charge on any atom is 0.230 e. The summed E-state index contributed by atoms with van der Waals surface area (Å²) in [6.07, 6.45) is 3.09. The summed E-state index contributed by atoms with van der Waals surface area (Å²) >= 11 is 6.43. The summed E-state index contributed by atoms with van der Waals surface area (Å²) in [6.45, 7) is 10.0. The third kappa shape index (κ3) is 8.01. The molecule has 0 radical (unpaired) electrons. The van der Waals surface area contributed by atoms with Gasteiger partial charge in [-0.15, -0.1) is 0 Å². The SMILES string of the molecule is Cc1ccc(N(CCCN2CCN(Cc3ccc(F)cc3)CC2C)C(=O)C2CCN(S(C)(=O)=O)CC2)cc1Cl. The van der Waals surface area contributed by atoms with Crippen molar-refractivity contribution in [1.82, 2.24) is 14.1 Å². The zero-order chi connectivity index (χ0) is 28.2. The molecule has 10 heteroatoms. The van der Waals surface area contributed by atoms with E-state index in [-0.39, 0.29) is 17.6 Å². The predicted molar refractivity (Wildman–Crippen MR) is 155 cm³/mol. The molecule has 2 aromatic carbocycles. The van der Waals surface area contributed by atoms with Crippen molar-refractivity contribution in [3.63, 3.8) is 0 Å². The van der Waals surface area contributed by atoms with Crippen molar-refractivity contribution in [2.75, 3.05) is 57.0 Å². The second-order valence-electron chi connectivity index (χ2n) is 11.0. The van der Waals surface area contributed by atoms with Crippen molar-refractivity contribution in [1.29, 1.82) is 0 Å². The first-order valence-corrected chi connectivity index (χ1v) is 16.0. The minimum absolute atomic E-state index is 0.0419. The van der Waals surface area contributed by atoms with E-state index in [1.54, 1.807) is 0 Å². The van der Waals surface area contributed by atoms with Crippen LogP contribution in [0.2, 0.25) is 5.02 Å². The molecule has 1 atom stereocenters. The number of hydrogen-bond donors (Lipinski definition) is 0. The topological polar surface area (TPSA) is 64.2 Å². The molecule has 2 fully saturated rings. The van der Waals surface area contributed by atoms with Crippen LogP contribution in [0.5, 0.6) is 0 Å². The molecule has 2 heterocycles. The van der Waals surface area contributed by atoms with Crippen LogP contribution in [0.1, 0.15) is 37.3 Å². The molecule has 0 spiro atoms. The minimum Gasteiger partial charge on any atom is -0.312 e. The van der Waals surface area contributed by atoms with E-state index in [0.717, 1.165) is 56.0 Å². The number of sulfonamides is 1. The predicted octanol–water partition coefficient (Wildman–Crippen LogP) is 4.39. The average Bonchev–Trinajstić information content (AvgIpc) is 2.90. The molecule has 2 aliphatic rings. The van der Waals surface area contributed by atoms with Gasteiger partial charge in [0, 0.05) is 75.0 Å². The van der Waals surface area contributed by atoms with Gasteiger partial charge < -0.3 is 4.90 Å². The van der Waals surface area contributed by atoms with Crippen molar-refractivity contribution in [2.45, 2.75) is 45.7 Å². The molecule has 0 N–H and O–H groups in total. The Kier molecular flexibility index (Phi) is 10.0. The highest BCUT2D eigenvalue weighted by Gasteiger charge is 2.32. The molecule has 2 aliphatic heterocycles. The number of benzene rings is 2. The monoisotopic (exact) mass is 578 g/mol. The molecule has 1 unspecified atom stereocenters. The van der Waals surface area contributed by atoms with Crippen molar-refractivity contribution in [3.8, 4) is 0 Å².